The van der Waals surface area contributed by atoms with Crippen molar-refractivity contribution in [2.24, 2.45) is 0 Å². The van der Waals surface area contributed by atoms with Crippen LogP contribution in [0, 0.1) is 0 Å². The lowest BCUT2D eigenvalue weighted by atomic mass is 10.6. The fraction of sp³-hybridized carbons (Fsp3) is 1.00. The third-order valence-corrected chi connectivity index (χ3v) is 4.08. The van der Waals surface area contributed by atoms with Gasteiger partial charge in [0, 0.05) is 12.6 Å². The fourth-order valence-electron chi connectivity index (χ4n) is 1.08. The van der Waals surface area contributed by atoms with Crippen LogP contribution >= 0.6 is 7.75 Å². The predicted octanol–water partition coefficient (Wildman–Crippen LogP) is 1.87. The second-order valence-electron chi connectivity index (χ2n) is 2.78. The summed E-state index contributed by atoms with van der Waals surface area (Å²) in [5.41, 5.74) is 0. The van der Waals surface area contributed by atoms with E-state index in [0.717, 1.165) is 6.54 Å². The lowest BCUT2D eigenvalue weighted by Crippen LogP contribution is -2.05. The van der Waals surface area contributed by atoms with E-state index < -0.39 is 7.75 Å². The van der Waals surface area contributed by atoms with Crippen LogP contribution < -0.4 is 0 Å². The molecular weight excluding hydrogens is 177 g/mol. The largest absolute Gasteiger partial charge is 0.408 e. The summed E-state index contributed by atoms with van der Waals surface area (Å²) in [5, 5.41) is 0. The molecule has 1 aliphatic rings. The molecule has 0 amide bonds. The zero-order chi connectivity index (χ0) is 9.19. The number of hydrogen-bond donors (Lipinski definition) is 0. The minimum Gasteiger partial charge on any atom is -0.297 e. The number of nitrogens with zero attached hydrogens (tertiary/aromatic N) is 1. The van der Waals surface area contributed by atoms with Gasteiger partial charge in [-0.05, 0) is 20.8 Å². The van der Waals surface area contributed by atoms with Gasteiger partial charge in [-0.15, -0.1) is 0 Å². The Morgan fingerprint density at radius 3 is 2.08 bits per heavy atom. The minimum absolute atomic E-state index is 0.342. The molecule has 0 aliphatic carbocycles. The molecule has 0 aromatic rings. The van der Waals surface area contributed by atoms with Gasteiger partial charge in [0.15, 0.2) is 0 Å². The van der Waals surface area contributed by atoms with Crippen LogP contribution in [0.4, 0.5) is 0 Å². The van der Waals surface area contributed by atoms with Crippen molar-refractivity contribution in [1.82, 2.24) is 4.67 Å². The van der Waals surface area contributed by atoms with Crippen LogP contribution in [-0.4, -0.2) is 30.5 Å². The first kappa shape index (κ1) is 10.2. The molecule has 0 spiro atoms. The standard InChI is InChI=1S/C7H16NO3P/c1-4-10-12(9,11-5-2)8-6-7(8)3/h7H,4-6H2,1-3H3/t7-,8?/m0/s1. The Labute approximate surface area is 73.4 Å². The van der Waals surface area contributed by atoms with Gasteiger partial charge < -0.3 is 0 Å². The van der Waals surface area contributed by atoms with Crippen LogP contribution in [0.15, 0.2) is 0 Å². The van der Waals surface area contributed by atoms with E-state index in [0.29, 0.717) is 19.3 Å². The molecule has 1 saturated heterocycles. The van der Waals surface area contributed by atoms with Crippen LogP contribution in [-0.2, 0) is 13.6 Å². The van der Waals surface area contributed by atoms with E-state index in [1.165, 1.54) is 0 Å². The summed E-state index contributed by atoms with van der Waals surface area (Å²) in [7, 11) is -2.90. The van der Waals surface area contributed by atoms with Crippen LogP contribution in [0.5, 0.6) is 0 Å². The van der Waals surface area contributed by atoms with Gasteiger partial charge in [0.05, 0.1) is 13.2 Å². The average molecular weight is 193 g/mol. The zero-order valence-corrected chi connectivity index (χ0v) is 8.71. The molecular formula is C7H16NO3P. The summed E-state index contributed by atoms with van der Waals surface area (Å²) in [5.74, 6) is 0. The van der Waals surface area contributed by atoms with Crippen molar-refractivity contribution in [3.8, 4) is 0 Å². The highest BCUT2D eigenvalue weighted by atomic mass is 31.2. The SMILES string of the molecule is CCOP(=O)(OCC)N1C[C@@H]1C. The Balaban J connectivity index is 2.53. The summed E-state index contributed by atoms with van der Waals surface area (Å²) in [4.78, 5) is 0. The maximum absolute atomic E-state index is 11.9. The van der Waals surface area contributed by atoms with Crippen molar-refractivity contribution < 1.29 is 13.6 Å². The quantitative estimate of drug-likeness (QED) is 0.493. The molecule has 1 aliphatic heterocycles. The van der Waals surface area contributed by atoms with E-state index in [4.69, 9.17) is 9.05 Å². The molecule has 1 fully saturated rings. The molecule has 2 atom stereocenters. The van der Waals surface area contributed by atoms with Crippen molar-refractivity contribution in [1.29, 1.82) is 0 Å². The lowest BCUT2D eigenvalue weighted by molar-refractivity contribution is 0.195. The van der Waals surface area contributed by atoms with Gasteiger partial charge in [-0.2, -0.15) is 0 Å². The van der Waals surface area contributed by atoms with E-state index in [2.05, 4.69) is 0 Å². The fourth-order valence-corrected chi connectivity index (χ4v) is 3.02. The van der Waals surface area contributed by atoms with Gasteiger partial charge >= 0.3 is 7.75 Å². The Kier molecular flexibility index (Phi) is 3.29. The molecule has 0 aromatic carbocycles. The number of hydrogen-bond acceptors (Lipinski definition) is 3. The highest BCUT2D eigenvalue weighted by Gasteiger charge is 2.46. The Bertz CT molecular complexity index is 187. The molecule has 1 unspecified atom stereocenters. The van der Waals surface area contributed by atoms with Gasteiger partial charge in [-0.3, -0.25) is 9.05 Å². The van der Waals surface area contributed by atoms with Crippen LogP contribution in [0.25, 0.3) is 0 Å². The molecule has 1 heterocycles. The van der Waals surface area contributed by atoms with Gasteiger partial charge in [-0.1, -0.05) is 0 Å². The van der Waals surface area contributed by atoms with Crippen molar-refractivity contribution in [3.63, 3.8) is 0 Å². The molecule has 72 valence electrons. The van der Waals surface area contributed by atoms with E-state index >= 15 is 0 Å². The van der Waals surface area contributed by atoms with Gasteiger partial charge in [-0.25, -0.2) is 9.24 Å². The second-order valence-corrected chi connectivity index (χ2v) is 4.74. The smallest absolute Gasteiger partial charge is 0.297 e. The molecule has 4 nitrogen and oxygen atoms in total. The molecule has 5 heteroatoms. The van der Waals surface area contributed by atoms with E-state index in [-0.39, 0.29) is 0 Å². The Morgan fingerprint density at radius 2 is 1.83 bits per heavy atom. The average Bonchev–Trinajstić information content (AvgIpc) is 2.68. The van der Waals surface area contributed by atoms with Crippen molar-refractivity contribution in [3.05, 3.63) is 0 Å². The highest BCUT2D eigenvalue weighted by Crippen LogP contribution is 2.58. The van der Waals surface area contributed by atoms with Gasteiger partial charge in [0.25, 0.3) is 0 Å². The summed E-state index contributed by atoms with van der Waals surface area (Å²) < 4.78 is 23.9. The molecule has 1 rings (SSSR count). The predicted molar refractivity (Wildman–Crippen MR) is 47.0 cm³/mol. The monoisotopic (exact) mass is 193 g/mol. The summed E-state index contributed by atoms with van der Waals surface area (Å²) in [6.45, 7) is 7.32. The summed E-state index contributed by atoms with van der Waals surface area (Å²) >= 11 is 0. The second kappa shape index (κ2) is 3.88. The normalized spacial score (nSPS) is 28.9. The molecule has 0 saturated carbocycles. The molecule has 0 radical (unpaired) electrons. The van der Waals surface area contributed by atoms with Crippen molar-refractivity contribution in [2.75, 3.05) is 19.8 Å². The Hall–Kier alpha value is 0.110. The van der Waals surface area contributed by atoms with E-state index in [9.17, 15) is 4.57 Å². The van der Waals surface area contributed by atoms with Crippen molar-refractivity contribution in [2.45, 2.75) is 26.8 Å². The molecule has 0 bridgehead atoms. The third kappa shape index (κ3) is 2.07. The van der Waals surface area contributed by atoms with E-state index in [1.54, 1.807) is 4.67 Å². The molecule has 12 heavy (non-hydrogen) atoms. The van der Waals surface area contributed by atoms with Gasteiger partial charge in [0.2, 0.25) is 0 Å². The van der Waals surface area contributed by atoms with Crippen molar-refractivity contribution >= 4 is 7.75 Å². The first-order valence-corrected chi connectivity index (χ1v) is 5.79. The molecule has 0 N–H and O–H groups in total. The molecule has 0 aromatic heterocycles. The first-order valence-electron chi connectivity index (χ1n) is 4.30. The summed E-state index contributed by atoms with van der Waals surface area (Å²) in [6.07, 6.45) is 0. The maximum Gasteiger partial charge on any atom is 0.408 e. The first-order chi connectivity index (χ1) is 5.64. The van der Waals surface area contributed by atoms with Crippen LogP contribution in [0.1, 0.15) is 20.8 Å². The number of rotatable bonds is 5. The Morgan fingerprint density at radius 1 is 1.42 bits per heavy atom. The van der Waals surface area contributed by atoms with Gasteiger partial charge in [0.1, 0.15) is 0 Å². The zero-order valence-electron chi connectivity index (χ0n) is 7.82. The topological polar surface area (TPSA) is 38.5 Å². The lowest BCUT2D eigenvalue weighted by Gasteiger charge is -2.17. The third-order valence-electron chi connectivity index (χ3n) is 1.73. The van der Waals surface area contributed by atoms with E-state index in [1.807, 2.05) is 20.8 Å². The van der Waals surface area contributed by atoms with Crippen LogP contribution in [0.3, 0.4) is 0 Å². The highest BCUT2D eigenvalue weighted by molar-refractivity contribution is 7.51. The minimum atomic E-state index is -2.90. The maximum atomic E-state index is 11.9. The van der Waals surface area contributed by atoms with Crippen LogP contribution in [0.2, 0.25) is 0 Å². The summed E-state index contributed by atoms with van der Waals surface area (Å²) in [6, 6.07) is 0.342.